The highest BCUT2D eigenvalue weighted by atomic mass is 16.3. The number of piperidine rings is 1. The molecule has 4 heterocycles. The van der Waals surface area contributed by atoms with E-state index in [2.05, 4.69) is 44.8 Å². The standard InChI is InChI=1S/C23H30N4O2/c28-20-6-5-13-12-27-8-7-16-15-3-1-2-4-18(15)26-22(16)19(27)9-17(13)21(20)23(29)25-14-10-24-11-14/h1-4,13-14,17,19-21,24,26,28H,5-12H2,(H,25,29)/t13-,17-,19-,20-,21+/m0/s1. The molecule has 0 radical (unpaired) electrons. The van der Waals surface area contributed by atoms with Crippen LogP contribution in [0, 0.1) is 17.8 Å². The van der Waals surface area contributed by atoms with Crippen molar-refractivity contribution in [3.63, 3.8) is 0 Å². The minimum Gasteiger partial charge on any atom is -0.392 e. The van der Waals surface area contributed by atoms with Gasteiger partial charge in [0.05, 0.1) is 24.1 Å². The third-order valence-corrected chi connectivity index (χ3v) is 7.98. The van der Waals surface area contributed by atoms with Gasteiger partial charge >= 0.3 is 0 Å². The van der Waals surface area contributed by atoms with E-state index in [0.29, 0.717) is 12.0 Å². The average molecular weight is 395 g/mol. The van der Waals surface area contributed by atoms with Gasteiger partial charge in [-0.1, -0.05) is 18.2 Å². The van der Waals surface area contributed by atoms with Crippen molar-refractivity contribution in [2.24, 2.45) is 17.8 Å². The number of benzene rings is 1. The summed E-state index contributed by atoms with van der Waals surface area (Å²) < 4.78 is 0. The van der Waals surface area contributed by atoms with Crippen molar-refractivity contribution in [2.75, 3.05) is 26.2 Å². The van der Waals surface area contributed by atoms with Crippen LogP contribution in [0.4, 0.5) is 0 Å². The number of para-hydroxylation sites is 1. The van der Waals surface area contributed by atoms with Crippen LogP contribution in [0.2, 0.25) is 0 Å². The molecule has 154 valence electrons. The van der Waals surface area contributed by atoms with Crippen LogP contribution in [0.15, 0.2) is 24.3 Å². The summed E-state index contributed by atoms with van der Waals surface area (Å²) in [4.78, 5) is 19.4. The number of amides is 1. The summed E-state index contributed by atoms with van der Waals surface area (Å²) in [6.45, 7) is 3.83. The molecule has 3 fully saturated rings. The van der Waals surface area contributed by atoms with Crippen molar-refractivity contribution >= 4 is 16.8 Å². The molecule has 6 rings (SSSR count). The fraction of sp³-hybridized carbons (Fsp3) is 0.609. The van der Waals surface area contributed by atoms with Crippen LogP contribution in [0.25, 0.3) is 10.9 Å². The maximum atomic E-state index is 13.1. The molecule has 4 aliphatic rings. The van der Waals surface area contributed by atoms with E-state index < -0.39 is 6.10 Å². The molecular formula is C23H30N4O2. The predicted molar refractivity (Wildman–Crippen MR) is 111 cm³/mol. The topological polar surface area (TPSA) is 80.4 Å². The van der Waals surface area contributed by atoms with E-state index >= 15 is 0 Å². The molecule has 1 aliphatic carbocycles. The van der Waals surface area contributed by atoms with Crippen molar-refractivity contribution in [2.45, 2.75) is 43.9 Å². The summed E-state index contributed by atoms with van der Waals surface area (Å²) in [6.07, 6.45) is 3.32. The number of aliphatic hydroxyl groups excluding tert-OH is 1. The molecule has 2 saturated heterocycles. The smallest absolute Gasteiger partial charge is 0.226 e. The minimum absolute atomic E-state index is 0.0693. The van der Waals surface area contributed by atoms with Crippen LogP contribution in [-0.2, 0) is 11.2 Å². The van der Waals surface area contributed by atoms with E-state index in [1.54, 1.807) is 0 Å². The number of hydrogen-bond acceptors (Lipinski definition) is 4. The number of aromatic amines is 1. The molecule has 4 N–H and O–H groups in total. The lowest BCUT2D eigenvalue weighted by molar-refractivity contribution is -0.140. The van der Waals surface area contributed by atoms with E-state index in [-0.39, 0.29) is 23.8 Å². The first kappa shape index (κ1) is 17.9. The minimum atomic E-state index is -0.512. The van der Waals surface area contributed by atoms with Crippen LogP contribution in [0.5, 0.6) is 0 Å². The first-order chi connectivity index (χ1) is 14.2. The molecule has 3 aliphatic heterocycles. The van der Waals surface area contributed by atoms with Crippen molar-refractivity contribution in [3.8, 4) is 0 Å². The van der Waals surface area contributed by atoms with Gasteiger partial charge in [-0.15, -0.1) is 0 Å². The Hall–Kier alpha value is -1.89. The number of aliphatic hydroxyl groups is 1. The maximum absolute atomic E-state index is 13.1. The second-order valence-electron chi connectivity index (χ2n) is 9.52. The van der Waals surface area contributed by atoms with Crippen LogP contribution in [-0.4, -0.2) is 59.2 Å². The Kier molecular flexibility index (Phi) is 4.22. The summed E-state index contributed by atoms with van der Waals surface area (Å²) in [5, 5.41) is 18.5. The van der Waals surface area contributed by atoms with Crippen molar-refractivity contribution in [1.29, 1.82) is 0 Å². The highest BCUT2D eigenvalue weighted by molar-refractivity contribution is 5.85. The van der Waals surface area contributed by atoms with E-state index in [4.69, 9.17) is 0 Å². The lowest BCUT2D eigenvalue weighted by atomic mass is 9.64. The normalized spacial score (nSPS) is 34.7. The molecule has 5 atom stereocenters. The molecule has 0 spiro atoms. The molecule has 0 unspecified atom stereocenters. The van der Waals surface area contributed by atoms with Gasteiger partial charge in [-0.3, -0.25) is 9.69 Å². The van der Waals surface area contributed by atoms with Gasteiger partial charge < -0.3 is 20.7 Å². The Morgan fingerprint density at radius 3 is 2.90 bits per heavy atom. The van der Waals surface area contributed by atoms with Crippen molar-refractivity contribution in [1.82, 2.24) is 20.5 Å². The average Bonchev–Trinajstić information content (AvgIpc) is 3.08. The summed E-state index contributed by atoms with van der Waals surface area (Å²) in [7, 11) is 0. The lowest BCUT2D eigenvalue weighted by Crippen LogP contribution is -2.61. The number of rotatable bonds is 2. The van der Waals surface area contributed by atoms with E-state index in [9.17, 15) is 9.90 Å². The highest BCUT2D eigenvalue weighted by Crippen LogP contribution is 2.49. The summed E-state index contributed by atoms with van der Waals surface area (Å²) in [5.74, 6) is 0.562. The first-order valence-electron chi connectivity index (χ1n) is 11.2. The van der Waals surface area contributed by atoms with Crippen LogP contribution < -0.4 is 10.6 Å². The van der Waals surface area contributed by atoms with Gasteiger partial charge in [0.1, 0.15) is 0 Å². The summed E-state index contributed by atoms with van der Waals surface area (Å²) >= 11 is 0. The van der Waals surface area contributed by atoms with Gasteiger partial charge in [0.15, 0.2) is 0 Å². The Balaban J connectivity index is 1.31. The molecule has 1 aromatic heterocycles. The molecule has 1 saturated carbocycles. The number of carbonyl (C=O) groups is 1. The summed E-state index contributed by atoms with van der Waals surface area (Å²) in [6, 6.07) is 9.15. The van der Waals surface area contributed by atoms with Crippen LogP contribution >= 0.6 is 0 Å². The lowest BCUT2D eigenvalue weighted by Gasteiger charge is -2.51. The fourth-order valence-corrected chi connectivity index (χ4v) is 6.39. The highest BCUT2D eigenvalue weighted by Gasteiger charge is 2.49. The van der Waals surface area contributed by atoms with Crippen LogP contribution in [0.3, 0.4) is 0 Å². The molecule has 0 bridgehead atoms. The zero-order valence-electron chi connectivity index (χ0n) is 16.7. The number of hydrogen-bond donors (Lipinski definition) is 4. The second-order valence-corrected chi connectivity index (χ2v) is 9.52. The maximum Gasteiger partial charge on any atom is 0.226 e. The van der Waals surface area contributed by atoms with Gasteiger partial charge in [-0.25, -0.2) is 0 Å². The molecule has 6 nitrogen and oxygen atoms in total. The third-order valence-electron chi connectivity index (χ3n) is 7.98. The number of H-pyrrole nitrogens is 1. The van der Waals surface area contributed by atoms with Crippen molar-refractivity contribution < 1.29 is 9.90 Å². The molecule has 1 amide bonds. The predicted octanol–water partition coefficient (Wildman–Crippen LogP) is 1.56. The Labute approximate surface area is 171 Å². The SMILES string of the molecule is O=C(NC1CNC1)[C@@H]1[C@H]2C[C@H]3c4[nH]c5ccccc5c4CCN3C[C@@H]2CC[C@@H]1O. The van der Waals surface area contributed by atoms with Gasteiger partial charge in [-0.05, 0) is 49.1 Å². The number of aromatic nitrogens is 1. The molecule has 6 heteroatoms. The van der Waals surface area contributed by atoms with Crippen molar-refractivity contribution in [3.05, 3.63) is 35.5 Å². The van der Waals surface area contributed by atoms with Gasteiger partial charge in [-0.2, -0.15) is 0 Å². The molecule has 2 aromatic rings. The molecule has 1 aromatic carbocycles. The summed E-state index contributed by atoms with van der Waals surface area (Å²) in [5.41, 5.74) is 4.02. The van der Waals surface area contributed by atoms with Crippen LogP contribution in [0.1, 0.15) is 36.6 Å². The zero-order valence-corrected chi connectivity index (χ0v) is 16.7. The number of fused-ring (bicyclic) bond motifs is 6. The monoisotopic (exact) mass is 394 g/mol. The first-order valence-corrected chi connectivity index (χ1v) is 11.2. The quantitative estimate of drug-likeness (QED) is 0.623. The van der Waals surface area contributed by atoms with E-state index in [1.807, 2.05) is 0 Å². The molecular weight excluding hydrogens is 364 g/mol. The van der Waals surface area contributed by atoms with Gasteiger partial charge in [0.25, 0.3) is 0 Å². The van der Waals surface area contributed by atoms with Gasteiger partial charge in [0, 0.05) is 42.8 Å². The fourth-order valence-electron chi connectivity index (χ4n) is 6.39. The Morgan fingerprint density at radius 1 is 1.21 bits per heavy atom. The second kappa shape index (κ2) is 6.83. The number of nitrogens with one attached hydrogen (secondary N) is 3. The Morgan fingerprint density at radius 2 is 2.07 bits per heavy atom. The van der Waals surface area contributed by atoms with E-state index in [0.717, 1.165) is 51.9 Å². The largest absolute Gasteiger partial charge is 0.392 e. The number of nitrogens with zero attached hydrogens (tertiary/aromatic N) is 1. The zero-order chi connectivity index (χ0) is 19.5. The third kappa shape index (κ3) is 2.84. The number of carbonyl (C=O) groups excluding carboxylic acids is 1. The van der Waals surface area contributed by atoms with Gasteiger partial charge in [0.2, 0.25) is 5.91 Å². The molecule has 29 heavy (non-hydrogen) atoms. The Bertz CT molecular complexity index is 936. The van der Waals surface area contributed by atoms with E-state index in [1.165, 1.54) is 22.2 Å².